The van der Waals surface area contributed by atoms with Crippen molar-refractivity contribution in [1.82, 2.24) is 9.80 Å². The zero-order valence-corrected chi connectivity index (χ0v) is 15.1. The average molecular weight is 332 g/mol. The quantitative estimate of drug-likeness (QED) is 0.917. The van der Waals surface area contributed by atoms with E-state index in [4.69, 9.17) is 0 Å². The molecule has 2 amide bonds. The molecule has 5 nitrogen and oxygen atoms in total. The maximum Gasteiger partial charge on any atom is 0.253 e. The molecule has 24 heavy (non-hydrogen) atoms. The van der Waals surface area contributed by atoms with Crippen LogP contribution in [0.1, 0.15) is 41.3 Å². The van der Waals surface area contributed by atoms with Gasteiger partial charge in [0.15, 0.2) is 0 Å². The standard InChI is InChI=1S/C19H28N2O3/c1-13-8-14(2)10-17(9-13)19(24)21-7-5-6-16(11-21)18(23)20(4)15(3)12-22/h8-10,15-16,22H,5-7,11-12H2,1-4H3. The summed E-state index contributed by atoms with van der Waals surface area (Å²) in [5, 5.41) is 9.23. The van der Waals surface area contributed by atoms with Gasteiger partial charge < -0.3 is 14.9 Å². The van der Waals surface area contributed by atoms with Crippen molar-refractivity contribution in [2.24, 2.45) is 5.92 Å². The number of carbonyl (C=O) groups excluding carboxylic acids is 2. The number of rotatable bonds is 4. The molecular weight excluding hydrogens is 304 g/mol. The number of aliphatic hydroxyl groups excluding tert-OH is 1. The first-order chi connectivity index (χ1) is 11.3. The summed E-state index contributed by atoms with van der Waals surface area (Å²) in [6, 6.07) is 5.65. The zero-order valence-electron chi connectivity index (χ0n) is 15.1. The molecule has 1 aromatic carbocycles. The molecule has 0 bridgehead atoms. The first kappa shape index (κ1) is 18.5. The fourth-order valence-corrected chi connectivity index (χ4v) is 3.27. The Morgan fingerprint density at radius 1 is 1.29 bits per heavy atom. The molecule has 0 saturated carbocycles. The number of likely N-dealkylation sites (tertiary alicyclic amines) is 1. The molecule has 0 radical (unpaired) electrons. The normalized spacial score (nSPS) is 19.0. The lowest BCUT2D eigenvalue weighted by Gasteiger charge is -2.35. The number of aliphatic hydroxyl groups is 1. The predicted octanol–water partition coefficient (Wildman–Crippen LogP) is 1.99. The van der Waals surface area contributed by atoms with E-state index < -0.39 is 0 Å². The summed E-state index contributed by atoms with van der Waals surface area (Å²) in [4.78, 5) is 28.8. The van der Waals surface area contributed by atoms with Crippen molar-refractivity contribution >= 4 is 11.8 Å². The van der Waals surface area contributed by atoms with Gasteiger partial charge in [0.25, 0.3) is 5.91 Å². The van der Waals surface area contributed by atoms with Crippen LogP contribution in [-0.2, 0) is 4.79 Å². The second-order valence-electron chi connectivity index (χ2n) is 6.95. The van der Waals surface area contributed by atoms with Gasteiger partial charge in [-0.15, -0.1) is 0 Å². The van der Waals surface area contributed by atoms with Crippen molar-refractivity contribution in [1.29, 1.82) is 0 Å². The van der Waals surface area contributed by atoms with E-state index >= 15 is 0 Å². The minimum absolute atomic E-state index is 0.00263. The van der Waals surface area contributed by atoms with Gasteiger partial charge >= 0.3 is 0 Å². The fourth-order valence-electron chi connectivity index (χ4n) is 3.27. The number of amides is 2. The Bertz CT molecular complexity index is 594. The molecule has 0 spiro atoms. The monoisotopic (exact) mass is 332 g/mol. The lowest BCUT2D eigenvalue weighted by Crippen LogP contribution is -2.48. The number of aryl methyl sites for hydroxylation is 2. The van der Waals surface area contributed by atoms with Crippen molar-refractivity contribution < 1.29 is 14.7 Å². The number of hydrogen-bond acceptors (Lipinski definition) is 3. The van der Waals surface area contributed by atoms with E-state index in [2.05, 4.69) is 0 Å². The lowest BCUT2D eigenvalue weighted by molar-refractivity contribution is -0.138. The van der Waals surface area contributed by atoms with Crippen LogP contribution in [0.4, 0.5) is 0 Å². The van der Waals surface area contributed by atoms with Gasteiger partial charge in [0.05, 0.1) is 18.6 Å². The van der Waals surface area contributed by atoms with Crippen LogP contribution in [-0.4, -0.2) is 59.5 Å². The third-order valence-corrected chi connectivity index (χ3v) is 4.80. The fraction of sp³-hybridized carbons (Fsp3) is 0.579. The molecule has 1 N–H and O–H groups in total. The number of likely N-dealkylation sites (N-methyl/N-ethyl adjacent to an activating group) is 1. The van der Waals surface area contributed by atoms with Crippen LogP contribution in [0.2, 0.25) is 0 Å². The molecule has 1 aromatic rings. The number of carbonyl (C=O) groups is 2. The number of hydrogen-bond donors (Lipinski definition) is 1. The van der Waals surface area contributed by atoms with E-state index in [-0.39, 0.29) is 30.4 Å². The van der Waals surface area contributed by atoms with Crippen LogP contribution in [0.15, 0.2) is 18.2 Å². The summed E-state index contributed by atoms with van der Waals surface area (Å²) in [5.41, 5.74) is 2.83. The Balaban J connectivity index is 2.09. The summed E-state index contributed by atoms with van der Waals surface area (Å²) in [6.07, 6.45) is 1.62. The summed E-state index contributed by atoms with van der Waals surface area (Å²) < 4.78 is 0. The van der Waals surface area contributed by atoms with Crippen LogP contribution in [0.25, 0.3) is 0 Å². The third kappa shape index (κ3) is 4.15. The van der Waals surface area contributed by atoms with E-state index in [1.807, 2.05) is 39.0 Å². The summed E-state index contributed by atoms with van der Waals surface area (Å²) >= 11 is 0. The van der Waals surface area contributed by atoms with Crippen LogP contribution in [0, 0.1) is 19.8 Å². The highest BCUT2D eigenvalue weighted by Crippen LogP contribution is 2.22. The van der Waals surface area contributed by atoms with Gasteiger partial charge in [0.2, 0.25) is 5.91 Å². The van der Waals surface area contributed by atoms with E-state index in [1.165, 1.54) is 0 Å². The van der Waals surface area contributed by atoms with Gasteiger partial charge in [-0.3, -0.25) is 9.59 Å². The molecule has 0 aliphatic carbocycles. The molecule has 132 valence electrons. The van der Waals surface area contributed by atoms with Crippen molar-refractivity contribution in [3.8, 4) is 0 Å². The maximum absolute atomic E-state index is 12.8. The highest BCUT2D eigenvalue weighted by Gasteiger charge is 2.31. The molecule has 2 rings (SSSR count). The Labute approximate surface area is 144 Å². The van der Waals surface area contributed by atoms with Crippen LogP contribution in [0.3, 0.4) is 0 Å². The molecule has 2 atom stereocenters. The summed E-state index contributed by atoms with van der Waals surface area (Å²) in [6.45, 7) is 6.87. The molecule has 1 aliphatic rings. The Morgan fingerprint density at radius 3 is 2.50 bits per heavy atom. The molecule has 0 aromatic heterocycles. The Kier molecular flexibility index (Phi) is 5.99. The molecule has 2 unspecified atom stereocenters. The molecular formula is C19H28N2O3. The van der Waals surface area contributed by atoms with Gasteiger partial charge in [-0.2, -0.15) is 0 Å². The van der Waals surface area contributed by atoms with Gasteiger partial charge in [-0.25, -0.2) is 0 Å². The molecule has 1 heterocycles. The maximum atomic E-state index is 12.8. The largest absolute Gasteiger partial charge is 0.394 e. The van der Waals surface area contributed by atoms with E-state index in [9.17, 15) is 14.7 Å². The molecule has 1 fully saturated rings. The first-order valence-electron chi connectivity index (χ1n) is 8.58. The summed E-state index contributed by atoms with van der Waals surface area (Å²) in [7, 11) is 1.72. The minimum Gasteiger partial charge on any atom is -0.394 e. The van der Waals surface area contributed by atoms with Gasteiger partial charge in [0, 0.05) is 25.7 Å². The predicted molar refractivity (Wildman–Crippen MR) is 93.9 cm³/mol. The van der Waals surface area contributed by atoms with Gasteiger partial charge in [-0.05, 0) is 45.7 Å². The number of piperidine rings is 1. The van der Waals surface area contributed by atoms with Crippen LogP contribution in [0.5, 0.6) is 0 Å². The zero-order chi connectivity index (χ0) is 17.9. The molecule has 1 saturated heterocycles. The van der Waals surface area contributed by atoms with Crippen molar-refractivity contribution in [2.75, 3.05) is 26.7 Å². The van der Waals surface area contributed by atoms with Crippen molar-refractivity contribution in [3.63, 3.8) is 0 Å². The van der Waals surface area contributed by atoms with E-state index in [1.54, 1.807) is 16.8 Å². The Morgan fingerprint density at radius 2 is 1.92 bits per heavy atom. The van der Waals surface area contributed by atoms with Crippen molar-refractivity contribution in [3.05, 3.63) is 34.9 Å². The second-order valence-corrected chi connectivity index (χ2v) is 6.95. The lowest BCUT2D eigenvalue weighted by atomic mass is 9.95. The van der Waals surface area contributed by atoms with Crippen LogP contribution >= 0.6 is 0 Å². The molecule has 5 heteroatoms. The second kappa shape index (κ2) is 7.79. The van der Waals surface area contributed by atoms with Gasteiger partial charge in [-0.1, -0.05) is 17.2 Å². The Hall–Kier alpha value is -1.88. The van der Waals surface area contributed by atoms with Gasteiger partial charge in [0.1, 0.15) is 0 Å². The van der Waals surface area contributed by atoms with E-state index in [0.29, 0.717) is 18.7 Å². The topological polar surface area (TPSA) is 60.9 Å². The smallest absolute Gasteiger partial charge is 0.253 e. The van der Waals surface area contributed by atoms with E-state index in [0.717, 1.165) is 24.0 Å². The number of nitrogens with zero attached hydrogens (tertiary/aromatic N) is 2. The minimum atomic E-state index is -0.206. The van der Waals surface area contributed by atoms with Crippen molar-refractivity contribution in [2.45, 2.75) is 39.7 Å². The summed E-state index contributed by atoms with van der Waals surface area (Å²) in [5.74, 6) is -0.181. The highest BCUT2D eigenvalue weighted by atomic mass is 16.3. The van der Waals surface area contributed by atoms with Crippen LogP contribution < -0.4 is 0 Å². The average Bonchev–Trinajstić information content (AvgIpc) is 2.58. The number of benzene rings is 1. The third-order valence-electron chi connectivity index (χ3n) is 4.80. The highest BCUT2D eigenvalue weighted by molar-refractivity contribution is 5.95. The molecule has 1 aliphatic heterocycles. The first-order valence-corrected chi connectivity index (χ1v) is 8.58. The SMILES string of the molecule is Cc1cc(C)cc(C(=O)N2CCCC(C(=O)N(C)C(C)CO)C2)c1.